The van der Waals surface area contributed by atoms with Crippen LogP contribution in [0.3, 0.4) is 0 Å². The zero-order valence-corrected chi connectivity index (χ0v) is 13.6. The number of nitrogens with zero attached hydrogens (tertiary/aromatic N) is 2. The minimum Gasteiger partial charge on any atom is -0.375 e. The first kappa shape index (κ1) is 15.5. The first-order valence-electron chi connectivity index (χ1n) is 8.21. The molecule has 0 bridgehead atoms. The maximum atomic E-state index is 11.8. The molecule has 6 nitrogen and oxygen atoms in total. The van der Waals surface area contributed by atoms with E-state index in [0.29, 0.717) is 24.7 Å². The van der Waals surface area contributed by atoms with E-state index in [1.807, 2.05) is 17.8 Å². The van der Waals surface area contributed by atoms with Crippen LogP contribution in [0.15, 0.2) is 12.3 Å². The van der Waals surface area contributed by atoms with E-state index in [0.717, 1.165) is 25.0 Å². The standard InChI is InChI=1S/C16H26N4O2/c1-10(2)22-12-8-11(9-12)18-13-4-5-15(21)19-16(13)14-6-7-17-20(14)3/h6-7,10-13,16,18H,4-5,8-9H2,1-3H3,(H,19,21)/t11?,12?,13-,16-/m1/s1. The summed E-state index contributed by atoms with van der Waals surface area (Å²) in [7, 11) is 1.92. The summed E-state index contributed by atoms with van der Waals surface area (Å²) in [5, 5.41) is 11.0. The van der Waals surface area contributed by atoms with Crippen molar-refractivity contribution in [2.75, 3.05) is 0 Å². The number of aryl methyl sites for hydroxylation is 1. The summed E-state index contributed by atoms with van der Waals surface area (Å²) in [6.45, 7) is 4.16. The predicted molar refractivity (Wildman–Crippen MR) is 83.3 cm³/mol. The van der Waals surface area contributed by atoms with Gasteiger partial charge in [0.15, 0.2) is 0 Å². The molecule has 22 heavy (non-hydrogen) atoms. The first-order valence-corrected chi connectivity index (χ1v) is 8.21. The van der Waals surface area contributed by atoms with E-state index in [2.05, 4.69) is 29.6 Å². The molecule has 0 unspecified atom stereocenters. The van der Waals surface area contributed by atoms with Crippen molar-refractivity contribution in [2.45, 2.75) is 69.9 Å². The maximum Gasteiger partial charge on any atom is 0.220 e. The van der Waals surface area contributed by atoms with Crippen molar-refractivity contribution in [1.29, 1.82) is 0 Å². The third-order valence-corrected chi connectivity index (χ3v) is 4.59. The molecule has 1 saturated heterocycles. The molecule has 1 aliphatic carbocycles. The smallest absolute Gasteiger partial charge is 0.220 e. The van der Waals surface area contributed by atoms with Crippen molar-refractivity contribution in [1.82, 2.24) is 20.4 Å². The third-order valence-electron chi connectivity index (χ3n) is 4.59. The molecule has 2 atom stereocenters. The van der Waals surface area contributed by atoms with Gasteiger partial charge in [-0.05, 0) is 39.2 Å². The highest BCUT2D eigenvalue weighted by Crippen LogP contribution is 2.29. The molecule has 1 aromatic rings. The molecule has 2 fully saturated rings. The van der Waals surface area contributed by atoms with E-state index < -0.39 is 0 Å². The van der Waals surface area contributed by atoms with Crippen molar-refractivity contribution in [3.8, 4) is 0 Å². The highest BCUT2D eigenvalue weighted by atomic mass is 16.5. The summed E-state index contributed by atoms with van der Waals surface area (Å²) in [5.74, 6) is 0.124. The molecule has 0 aromatic carbocycles. The summed E-state index contributed by atoms with van der Waals surface area (Å²) >= 11 is 0. The lowest BCUT2D eigenvalue weighted by Gasteiger charge is -2.42. The second kappa shape index (κ2) is 6.38. The zero-order chi connectivity index (χ0) is 15.7. The Labute approximate surface area is 131 Å². The molecule has 6 heteroatoms. The van der Waals surface area contributed by atoms with E-state index in [1.54, 1.807) is 6.20 Å². The summed E-state index contributed by atoms with van der Waals surface area (Å²) < 4.78 is 7.66. The highest BCUT2D eigenvalue weighted by molar-refractivity contribution is 5.77. The minimum absolute atomic E-state index is 0.00110. The number of carbonyl (C=O) groups is 1. The Morgan fingerprint density at radius 3 is 2.86 bits per heavy atom. The molecule has 0 spiro atoms. The Balaban J connectivity index is 1.60. The molecular weight excluding hydrogens is 280 g/mol. The molecule has 1 saturated carbocycles. The van der Waals surface area contributed by atoms with Crippen LogP contribution in [0.1, 0.15) is 51.3 Å². The van der Waals surface area contributed by atoms with Crippen molar-refractivity contribution >= 4 is 5.91 Å². The monoisotopic (exact) mass is 306 g/mol. The first-order chi connectivity index (χ1) is 10.5. The van der Waals surface area contributed by atoms with Gasteiger partial charge in [-0.25, -0.2) is 0 Å². The second-order valence-electron chi connectivity index (χ2n) is 6.71. The highest BCUT2D eigenvalue weighted by Gasteiger charge is 2.37. The lowest BCUT2D eigenvalue weighted by Crippen LogP contribution is -2.56. The Hall–Kier alpha value is -1.40. The Kier molecular flexibility index (Phi) is 4.49. The number of nitrogens with one attached hydrogen (secondary N) is 2. The Bertz CT molecular complexity index is 522. The average Bonchev–Trinajstić information content (AvgIpc) is 2.83. The molecule has 2 aliphatic rings. The van der Waals surface area contributed by atoms with Gasteiger partial charge in [0.2, 0.25) is 5.91 Å². The minimum atomic E-state index is -0.00110. The van der Waals surface area contributed by atoms with Gasteiger partial charge in [0.1, 0.15) is 0 Å². The fraction of sp³-hybridized carbons (Fsp3) is 0.750. The Morgan fingerprint density at radius 2 is 2.23 bits per heavy atom. The van der Waals surface area contributed by atoms with Gasteiger partial charge in [-0.3, -0.25) is 9.48 Å². The van der Waals surface area contributed by atoms with Crippen molar-refractivity contribution in [2.24, 2.45) is 7.05 Å². The van der Waals surface area contributed by atoms with Gasteiger partial charge in [0.25, 0.3) is 0 Å². The quantitative estimate of drug-likeness (QED) is 0.860. The van der Waals surface area contributed by atoms with E-state index in [-0.39, 0.29) is 18.0 Å². The van der Waals surface area contributed by atoms with Crippen LogP contribution in [0, 0.1) is 0 Å². The van der Waals surface area contributed by atoms with Gasteiger partial charge in [0, 0.05) is 31.7 Å². The lowest BCUT2D eigenvalue weighted by atomic mass is 9.86. The molecule has 2 heterocycles. The molecule has 3 rings (SSSR count). The van der Waals surface area contributed by atoms with E-state index in [1.165, 1.54) is 0 Å². The number of aromatic nitrogens is 2. The topological polar surface area (TPSA) is 68.2 Å². The summed E-state index contributed by atoms with van der Waals surface area (Å²) in [6, 6.07) is 2.73. The maximum absolute atomic E-state index is 11.8. The normalized spacial score (nSPS) is 31.9. The number of hydrogen-bond acceptors (Lipinski definition) is 4. The summed E-state index contributed by atoms with van der Waals surface area (Å²) in [5.41, 5.74) is 1.06. The van der Waals surface area contributed by atoms with Crippen LogP contribution >= 0.6 is 0 Å². The predicted octanol–water partition coefficient (Wildman–Crippen LogP) is 1.29. The largest absolute Gasteiger partial charge is 0.375 e. The van der Waals surface area contributed by atoms with Gasteiger partial charge in [-0.2, -0.15) is 5.10 Å². The molecule has 2 N–H and O–H groups in total. The van der Waals surface area contributed by atoms with Gasteiger partial charge in [-0.15, -0.1) is 0 Å². The van der Waals surface area contributed by atoms with Crippen LogP contribution in [0.5, 0.6) is 0 Å². The van der Waals surface area contributed by atoms with Crippen LogP contribution in [-0.2, 0) is 16.6 Å². The van der Waals surface area contributed by atoms with E-state index in [9.17, 15) is 4.79 Å². The summed E-state index contributed by atoms with van der Waals surface area (Å²) in [4.78, 5) is 11.8. The second-order valence-corrected chi connectivity index (χ2v) is 6.71. The third kappa shape index (κ3) is 3.33. The molecule has 1 aromatic heterocycles. The number of hydrogen-bond donors (Lipinski definition) is 2. The van der Waals surface area contributed by atoms with Gasteiger partial charge >= 0.3 is 0 Å². The van der Waals surface area contributed by atoms with Gasteiger partial charge in [-0.1, -0.05) is 0 Å². The van der Waals surface area contributed by atoms with Crippen LogP contribution in [0.25, 0.3) is 0 Å². The zero-order valence-electron chi connectivity index (χ0n) is 13.6. The lowest BCUT2D eigenvalue weighted by molar-refractivity contribution is -0.124. The number of rotatable bonds is 5. The molecular formula is C16H26N4O2. The molecule has 1 aliphatic heterocycles. The fourth-order valence-corrected chi connectivity index (χ4v) is 3.45. The van der Waals surface area contributed by atoms with Crippen LogP contribution in [-0.4, -0.2) is 40.0 Å². The number of piperidine rings is 1. The van der Waals surface area contributed by atoms with Crippen molar-refractivity contribution in [3.63, 3.8) is 0 Å². The summed E-state index contributed by atoms with van der Waals surface area (Å²) in [6.07, 6.45) is 6.02. The fourth-order valence-electron chi connectivity index (χ4n) is 3.45. The molecule has 0 radical (unpaired) electrons. The van der Waals surface area contributed by atoms with Crippen LogP contribution < -0.4 is 10.6 Å². The van der Waals surface area contributed by atoms with Crippen LogP contribution in [0.2, 0.25) is 0 Å². The Morgan fingerprint density at radius 1 is 1.45 bits per heavy atom. The van der Waals surface area contributed by atoms with Gasteiger partial charge in [0.05, 0.1) is 23.9 Å². The van der Waals surface area contributed by atoms with Gasteiger partial charge < -0.3 is 15.4 Å². The molecule has 122 valence electrons. The SMILES string of the molecule is CC(C)OC1CC(N[C@@H]2CCC(=O)N[C@H]2c2ccnn2C)C1. The molecule has 1 amide bonds. The van der Waals surface area contributed by atoms with Crippen LogP contribution in [0.4, 0.5) is 0 Å². The number of carbonyl (C=O) groups excluding carboxylic acids is 1. The van der Waals surface area contributed by atoms with E-state index in [4.69, 9.17) is 4.74 Å². The number of ether oxygens (including phenoxy) is 1. The average molecular weight is 306 g/mol. The van der Waals surface area contributed by atoms with Crippen molar-refractivity contribution < 1.29 is 9.53 Å². The number of amides is 1. The van der Waals surface area contributed by atoms with Crippen molar-refractivity contribution in [3.05, 3.63) is 18.0 Å². The van der Waals surface area contributed by atoms with E-state index >= 15 is 0 Å².